The molecule has 0 bridgehead atoms. The summed E-state index contributed by atoms with van der Waals surface area (Å²) in [7, 11) is 0. The minimum atomic E-state index is 0.196. The van der Waals surface area contributed by atoms with Gasteiger partial charge < -0.3 is 9.94 Å². The van der Waals surface area contributed by atoms with E-state index >= 15 is 0 Å². The van der Waals surface area contributed by atoms with Gasteiger partial charge in [0.1, 0.15) is 5.75 Å². The summed E-state index contributed by atoms with van der Waals surface area (Å²) >= 11 is 0. The highest BCUT2D eigenvalue weighted by atomic mass is 16.6. The third kappa shape index (κ3) is 4.27. The third-order valence-electron chi connectivity index (χ3n) is 1.85. The maximum atomic E-state index is 9.49. The van der Waals surface area contributed by atoms with E-state index in [1.54, 1.807) is 12.1 Å². The van der Waals surface area contributed by atoms with E-state index in [-0.39, 0.29) is 5.75 Å². The first-order valence-corrected chi connectivity index (χ1v) is 5.09. The first-order chi connectivity index (χ1) is 7.09. The quantitative estimate of drug-likeness (QED) is 0.574. The monoisotopic (exact) mass is 210 g/mol. The van der Waals surface area contributed by atoms with Crippen LogP contribution in [0.2, 0.25) is 0 Å². The molecule has 1 aromatic rings. The van der Waals surface area contributed by atoms with E-state index in [1.807, 2.05) is 6.92 Å². The average Bonchev–Trinajstić information content (AvgIpc) is 2.17. The lowest BCUT2D eigenvalue weighted by Gasteiger charge is -2.08. The molecule has 15 heavy (non-hydrogen) atoms. The lowest BCUT2D eigenvalue weighted by molar-refractivity contribution is 0.0187. The van der Waals surface area contributed by atoms with Crippen molar-refractivity contribution in [2.75, 3.05) is 6.61 Å². The van der Waals surface area contributed by atoms with Crippen LogP contribution in [0.1, 0.15) is 25.2 Å². The molecule has 4 heteroatoms. The largest absolute Gasteiger partial charge is 0.506 e. The Morgan fingerprint density at radius 2 is 2.20 bits per heavy atom. The van der Waals surface area contributed by atoms with Crippen LogP contribution >= 0.6 is 0 Å². The Labute approximate surface area is 90.3 Å². The van der Waals surface area contributed by atoms with E-state index in [2.05, 4.69) is 24.3 Å². The number of pyridine rings is 1. The van der Waals surface area contributed by atoms with Crippen molar-refractivity contribution >= 4 is 0 Å². The lowest BCUT2D eigenvalue weighted by atomic mass is 10.2. The number of aromatic nitrogens is 1. The standard InChI is InChI=1S/C11H18N2O2/c1-8(2)7-15-12-6-10-11(14)5-4-9(3)13-10/h4-5,8,12,14H,6-7H2,1-3H3. The van der Waals surface area contributed by atoms with Gasteiger partial charge in [-0.05, 0) is 25.0 Å². The minimum absolute atomic E-state index is 0.196. The molecule has 0 saturated carbocycles. The molecule has 0 aromatic carbocycles. The average molecular weight is 210 g/mol. The van der Waals surface area contributed by atoms with E-state index in [0.29, 0.717) is 24.8 Å². The molecule has 84 valence electrons. The topological polar surface area (TPSA) is 54.4 Å². The molecule has 0 aliphatic carbocycles. The zero-order valence-corrected chi connectivity index (χ0v) is 9.45. The van der Waals surface area contributed by atoms with Gasteiger partial charge in [0.15, 0.2) is 0 Å². The predicted octanol–water partition coefficient (Wildman–Crippen LogP) is 1.77. The molecule has 0 unspecified atom stereocenters. The van der Waals surface area contributed by atoms with Gasteiger partial charge in [0, 0.05) is 5.69 Å². The molecule has 2 N–H and O–H groups in total. The summed E-state index contributed by atoms with van der Waals surface area (Å²) in [5.41, 5.74) is 4.27. The molecule has 0 spiro atoms. The van der Waals surface area contributed by atoms with E-state index in [1.165, 1.54) is 0 Å². The van der Waals surface area contributed by atoms with Gasteiger partial charge >= 0.3 is 0 Å². The van der Waals surface area contributed by atoms with Crippen molar-refractivity contribution in [1.29, 1.82) is 0 Å². The number of hydrogen-bond donors (Lipinski definition) is 2. The molecule has 0 aliphatic heterocycles. The molecule has 0 aliphatic rings. The summed E-state index contributed by atoms with van der Waals surface area (Å²) in [5.74, 6) is 0.679. The number of aromatic hydroxyl groups is 1. The number of hydroxylamine groups is 1. The molecule has 0 fully saturated rings. The fourth-order valence-corrected chi connectivity index (χ4v) is 1.08. The van der Waals surface area contributed by atoms with Crippen LogP contribution in [0.4, 0.5) is 0 Å². The number of hydrogen-bond acceptors (Lipinski definition) is 4. The van der Waals surface area contributed by atoms with Crippen molar-refractivity contribution in [3.8, 4) is 5.75 Å². The Morgan fingerprint density at radius 3 is 2.87 bits per heavy atom. The van der Waals surface area contributed by atoms with Crippen LogP contribution in [0.3, 0.4) is 0 Å². The number of aryl methyl sites for hydroxylation is 1. The van der Waals surface area contributed by atoms with Gasteiger partial charge in [0.2, 0.25) is 0 Å². The number of nitrogens with one attached hydrogen (secondary N) is 1. The second-order valence-corrected chi connectivity index (χ2v) is 3.94. The second kappa shape index (κ2) is 5.68. The van der Waals surface area contributed by atoms with Crippen LogP contribution in [-0.2, 0) is 11.4 Å². The van der Waals surface area contributed by atoms with Gasteiger partial charge in [-0.3, -0.25) is 4.98 Å². The summed E-state index contributed by atoms with van der Waals surface area (Å²) in [4.78, 5) is 9.39. The maximum Gasteiger partial charge on any atom is 0.138 e. The number of nitrogens with zero attached hydrogens (tertiary/aromatic N) is 1. The van der Waals surface area contributed by atoms with E-state index in [9.17, 15) is 5.11 Å². The Balaban J connectivity index is 2.40. The van der Waals surface area contributed by atoms with Crippen LogP contribution in [0.5, 0.6) is 5.75 Å². The van der Waals surface area contributed by atoms with Crippen LogP contribution in [0.25, 0.3) is 0 Å². The van der Waals surface area contributed by atoms with Gasteiger partial charge in [-0.1, -0.05) is 13.8 Å². The molecule has 4 nitrogen and oxygen atoms in total. The zero-order chi connectivity index (χ0) is 11.3. The van der Waals surface area contributed by atoms with E-state index < -0.39 is 0 Å². The van der Waals surface area contributed by atoms with Crippen LogP contribution in [0.15, 0.2) is 12.1 Å². The van der Waals surface area contributed by atoms with Crippen molar-refractivity contribution in [3.05, 3.63) is 23.5 Å². The predicted molar refractivity (Wildman–Crippen MR) is 58.3 cm³/mol. The molecular weight excluding hydrogens is 192 g/mol. The Bertz CT molecular complexity index is 313. The smallest absolute Gasteiger partial charge is 0.138 e. The van der Waals surface area contributed by atoms with Gasteiger partial charge in [-0.25, -0.2) is 0 Å². The Morgan fingerprint density at radius 1 is 1.47 bits per heavy atom. The van der Waals surface area contributed by atoms with Crippen LogP contribution in [0, 0.1) is 12.8 Å². The van der Waals surface area contributed by atoms with Crippen LogP contribution in [-0.4, -0.2) is 16.7 Å². The van der Waals surface area contributed by atoms with Crippen molar-refractivity contribution in [1.82, 2.24) is 10.5 Å². The summed E-state index contributed by atoms with van der Waals surface area (Å²) in [5, 5.41) is 9.49. The fourth-order valence-electron chi connectivity index (χ4n) is 1.08. The maximum absolute atomic E-state index is 9.49. The van der Waals surface area contributed by atoms with Crippen molar-refractivity contribution < 1.29 is 9.94 Å². The van der Waals surface area contributed by atoms with E-state index in [4.69, 9.17) is 4.84 Å². The highest BCUT2D eigenvalue weighted by Crippen LogP contribution is 2.13. The zero-order valence-electron chi connectivity index (χ0n) is 9.45. The van der Waals surface area contributed by atoms with Crippen LogP contribution < -0.4 is 5.48 Å². The first-order valence-electron chi connectivity index (χ1n) is 5.09. The summed E-state index contributed by atoms with van der Waals surface area (Å²) in [6.45, 7) is 7.10. The molecule has 0 radical (unpaired) electrons. The SMILES string of the molecule is Cc1ccc(O)c(CNOCC(C)C)n1. The fraction of sp³-hybridized carbons (Fsp3) is 0.545. The summed E-state index contributed by atoms with van der Waals surface area (Å²) in [6, 6.07) is 3.41. The molecule has 1 aromatic heterocycles. The van der Waals surface area contributed by atoms with E-state index in [0.717, 1.165) is 5.69 Å². The molecule has 1 heterocycles. The normalized spacial score (nSPS) is 10.9. The summed E-state index contributed by atoms with van der Waals surface area (Å²) < 4.78 is 0. The molecule has 1 rings (SSSR count). The first kappa shape index (κ1) is 11.9. The van der Waals surface area contributed by atoms with Crippen molar-refractivity contribution in [2.45, 2.75) is 27.3 Å². The molecule has 0 amide bonds. The van der Waals surface area contributed by atoms with Gasteiger partial charge in [-0.15, -0.1) is 0 Å². The van der Waals surface area contributed by atoms with Gasteiger partial charge in [-0.2, -0.15) is 5.48 Å². The minimum Gasteiger partial charge on any atom is -0.506 e. The Kier molecular flexibility index (Phi) is 4.52. The molecular formula is C11H18N2O2. The Hall–Kier alpha value is -1.13. The van der Waals surface area contributed by atoms with Crippen molar-refractivity contribution in [3.63, 3.8) is 0 Å². The summed E-state index contributed by atoms with van der Waals surface area (Å²) in [6.07, 6.45) is 0. The molecule has 0 saturated heterocycles. The highest BCUT2D eigenvalue weighted by Gasteiger charge is 2.02. The van der Waals surface area contributed by atoms with Gasteiger partial charge in [0.05, 0.1) is 18.8 Å². The van der Waals surface area contributed by atoms with Crippen molar-refractivity contribution in [2.24, 2.45) is 5.92 Å². The number of rotatable bonds is 5. The lowest BCUT2D eigenvalue weighted by Crippen LogP contribution is -2.18. The second-order valence-electron chi connectivity index (χ2n) is 3.94. The third-order valence-corrected chi connectivity index (χ3v) is 1.85. The highest BCUT2D eigenvalue weighted by molar-refractivity contribution is 5.27. The molecule has 0 atom stereocenters. The van der Waals surface area contributed by atoms with Gasteiger partial charge in [0.25, 0.3) is 0 Å².